The summed E-state index contributed by atoms with van der Waals surface area (Å²) in [5.74, 6) is -2.22. The van der Waals surface area contributed by atoms with Gasteiger partial charge < -0.3 is 26.8 Å². The van der Waals surface area contributed by atoms with Crippen molar-refractivity contribution in [2.45, 2.75) is 31.8 Å². The van der Waals surface area contributed by atoms with Gasteiger partial charge in [0.25, 0.3) is 12.3 Å². The number of aliphatic hydroxyl groups is 1. The van der Waals surface area contributed by atoms with Crippen molar-refractivity contribution in [3.05, 3.63) is 47.4 Å². The van der Waals surface area contributed by atoms with Crippen LogP contribution in [-0.2, 0) is 0 Å². The number of amides is 1. The summed E-state index contributed by atoms with van der Waals surface area (Å²) < 4.78 is 53.5. The van der Waals surface area contributed by atoms with Crippen LogP contribution in [0, 0.1) is 11.6 Å². The maximum absolute atomic E-state index is 14.1. The van der Waals surface area contributed by atoms with Gasteiger partial charge in [-0.3, -0.25) is 9.79 Å². The largest absolute Gasteiger partial charge is 0.403 e. The van der Waals surface area contributed by atoms with E-state index in [-0.39, 0.29) is 32.8 Å². The van der Waals surface area contributed by atoms with E-state index in [1.54, 1.807) is 4.90 Å². The molecule has 1 aromatic heterocycles. The maximum Gasteiger partial charge on any atom is 0.277 e. The second-order valence-corrected chi connectivity index (χ2v) is 8.55. The molecule has 1 saturated heterocycles. The molecule has 1 unspecified atom stereocenters. The lowest BCUT2D eigenvalue weighted by molar-refractivity contribution is 0.0963. The van der Waals surface area contributed by atoms with E-state index in [0.717, 1.165) is 35.7 Å². The predicted octanol–water partition coefficient (Wildman–Crippen LogP) is 2.71. The maximum atomic E-state index is 14.1. The number of carbonyl (C=O) groups is 1. The highest BCUT2D eigenvalue weighted by molar-refractivity contribution is 7.19. The Morgan fingerprint density at radius 2 is 2.12 bits per heavy atom. The number of hydrogen-bond donors (Lipinski definition) is 4. The smallest absolute Gasteiger partial charge is 0.277 e. The molecule has 1 aliphatic heterocycles. The Labute approximate surface area is 197 Å². The number of hydrogen-bond acceptors (Lipinski definition) is 7. The SMILES string of the molecule is NC=C(NC(=O)c1nc(-c2cc(F)ccc2F)sc1N)C(=NCC(F)F)N1CCCC(O)CC1. The molecular weight excluding hydrogens is 476 g/mol. The number of aliphatic imine (C=N–C) groups is 1. The normalized spacial score (nSPS) is 17.7. The zero-order valence-corrected chi connectivity index (χ0v) is 18.8. The quantitative estimate of drug-likeness (QED) is 0.274. The number of alkyl halides is 2. The van der Waals surface area contributed by atoms with Gasteiger partial charge in [0.2, 0.25) is 0 Å². The van der Waals surface area contributed by atoms with Crippen LogP contribution in [-0.4, -0.2) is 58.9 Å². The highest BCUT2D eigenvalue weighted by Gasteiger charge is 2.25. The van der Waals surface area contributed by atoms with Crippen molar-refractivity contribution in [1.29, 1.82) is 0 Å². The van der Waals surface area contributed by atoms with Gasteiger partial charge in [0.05, 0.1) is 11.8 Å². The van der Waals surface area contributed by atoms with Crippen LogP contribution in [0.4, 0.5) is 22.6 Å². The van der Waals surface area contributed by atoms with Crippen LogP contribution in [0.3, 0.4) is 0 Å². The Balaban J connectivity index is 1.86. The minimum absolute atomic E-state index is 0.00831. The summed E-state index contributed by atoms with van der Waals surface area (Å²) in [6.45, 7) is -0.0874. The summed E-state index contributed by atoms with van der Waals surface area (Å²) in [5, 5.41) is 12.3. The summed E-state index contributed by atoms with van der Waals surface area (Å²) in [7, 11) is 0. The van der Waals surface area contributed by atoms with E-state index in [0.29, 0.717) is 32.4 Å². The number of nitrogen functional groups attached to an aromatic ring is 1. The van der Waals surface area contributed by atoms with E-state index < -0.39 is 36.6 Å². The summed E-state index contributed by atoms with van der Waals surface area (Å²) >= 11 is 0.788. The Bertz CT molecular complexity index is 1090. The predicted molar refractivity (Wildman–Crippen MR) is 121 cm³/mol. The number of amidine groups is 1. The molecule has 0 spiro atoms. The fourth-order valence-corrected chi connectivity index (χ4v) is 4.27. The molecule has 0 radical (unpaired) electrons. The number of thiazole rings is 1. The van der Waals surface area contributed by atoms with Crippen molar-refractivity contribution in [3.63, 3.8) is 0 Å². The number of rotatable bonds is 6. The van der Waals surface area contributed by atoms with Crippen LogP contribution < -0.4 is 16.8 Å². The van der Waals surface area contributed by atoms with Gasteiger partial charge in [-0.2, -0.15) is 0 Å². The second-order valence-electron chi connectivity index (χ2n) is 7.52. The van der Waals surface area contributed by atoms with Crippen LogP contribution in [0.1, 0.15) is 29.8 Å². The fourth-order valence-electron chi connectivity index (χ4n) is 3.43. The molecule has 1 aliphatic rings. The third kappa shape index (κ3) is 6.23. The van der Waals surface area contributed by atoms with E-state index in [1.165, 1.54) is 0 Å². The molecule has 1 amide bonds. The van der Waals surface area contributed by atoms with Crippen molar-refractivity contribution >= 4 is 28.1 Å². The molecule has 0 saturated carbocycles. The van der Waals surface area contributed by atoms with Crippen molar-refractivity contribution < 1.29 is 27.5 Å². The van der Waals surface area contributed by atoms with Crippen molar-refractivity contribution in [1.82, 2.24) is 15.2 Å². The Morgan fingerprint density at radius 3 is 2.82 bits per heavy atom. The minimum atomic E-state index is -2.72. The number of anilines is 1. The first kappa shape index (κ1) is 25.4. The van der Waals surface area contributed by atoms with Gasteiger partial charge in [-0.05, 0) is 37.5 Å². The molecule has 8 nitrogen and oxygen atoms in total. The first-order valence-electron chi connectivity index (χ1n) is 10.4. The topological polar surface area (TPSA) is 130 Å². The molecule has 184 valence electrons. The molecule has 2 aromatic rings. The first-order valence-corrected chi connectivity index (χ1v) is 11.2. The fraction of sp³-hybridized carbons (Fsp3) is 0.381. The van der Waals surface area contributed by atoms with Gasteiger partial charge in [-0.1, -0.05) is 11.3 Å². The van der Waals surface area contributed by atoms with E-state index in [4.69, 9.17) is 11.5 Å². The summed E-state index contributed by atoms with van der Waals surface area (Å²) in [6.07, 6.45) is -0.720. The lowest BCUT2D eigenvalue weighted by Crippen LogP contribution is -2.40. The number of aliphatic hydroxyl groups excluding tert-OH is 1. The van der Waals surface area contributed by atoms with Gasteiger partial charge in [0, 0.05) is 24.9 Å². The number of carbonyl (C=O) groups excluding carboxylic acids is 1. The molecule has 34 heavy (non-hydrogen) atoms. The molecule has 13 heteroatoms. The number of halogens is 4. The summed E-state index contributed by atoms with van der Waals surface area (Å²) in [5.41, 5.74) is 11.1. The second kappa shape index (κ2) is 11.3. The number of aromatic nitrogens is 1. The lowest BCUT2D eigenvalue weighted by Gasteiger charge is -2.26. The summed E-state index contributed by atoms with van der Waals surface area (Å²) in [4.78, 5) is 22.5. The van der Waals surface area contributed by atoms with Gasteiger partial charge in [-0.15, -0.1) is 0 Å². The van der Waals surface area contributed by atoms with Crippen molar-refractivity contribution in [2.75, 3.05) is 25.4 Å². The van der Waals surface area contributed by atoms with Gasteiger partial charge >= 0.3 is 0 Å². The van der Waals surface area contributed by atoms with E-state index in [1.807, 2.05) is 0 Å². The molecule has 6 N–H and O–H groups in total. The molecule has 0 bridgehead atoms. The van der Waals surface area contributed by atoms with Crippen LogP contribution in [0.15, 0.2) is 35.1 Å². The number of likely N-dealkylation sites (tertiary alicyclic amines) is 1. The molecule has 2 heterocycles. The van der Waals surface area contributed by atoms with E-state index >= 15 is 0 Å². The van der Waals surface area contributed by atoms with Gasteiger partial charge in [0.15, 0.2) is 5.69 Å². The number of nitrogens with one attached hydrogen (secondary N) is 1. The molecular formula is C21H24F4N6O2S. The molecule has 1 atom stereocenters. The highest BCUT2D eigenvalue weighted by atomic mass is 32.1. The Hall–Kier alpha value is -3.19. The summed E-state index contributed by atoms with van der Waals surface area (Å²) in [6, 6.07) is 2.81. The highest BCUT2D eigenvalue weighted by Crippen LogP contribution is 2.32. The Morgan fingerprint density at radius 1 is 1.35 bits per heavy atom. The first-order chi connectivity index (χ1) is 16.2. The van der Waals surface area contributed by atoms with Gasteiger partial charge in [0.1, 0.15) is 34.0 Å². The van der Waals surface area contributed by atoms with Crippen LogP contribution in [0.2, 0.25) is 0 Å². The standard InChI is InChI=1S/C21H24F4N6O2S/c22-11-3-4-14(23)13(8-11)21-30-17(18(27)34-21)20(33)29-15(9-26)19(28-10-16(24)25)31-6-1-2-12(32)5-7-31/h3-4,8-9,12,16,32H,1-2,5-7,10,26-27H2,(H,29,33). The molecule has 1 fully saturated rings. The third-order valence-corrected chi connectivity index (χ3v) is 5.98. The lowest BCUT2D eigenvalue weighted by atomic mass is 10.2. The average Bonchev–Trinajstić information content (AvgIpc) is 3.05. The molecule has 1 aromatic carbocycles. The van der Waals surface area contributed by atoms with E-state index in [9.17, 15) is 27.5 Å². The zero-order chi connectivity index (χ0) is 24.8. The van der Waals surface area contributed by atoms with Crippen LogP contribution >= 0.6 is 11.3 Å². The Kier molecular flexibility index (Phi) is 8.45. The zero-order valence-electron chi connectivity index (χ0n) is 18.0. The van der Waals surface area contributed by atoms with Crippen LogP contribution in [0.5, 0.6) is 0 Å². The third-order valence-electron chi connectivity index (χ3n) is 5.06. The van der Waals surface area contributed by atoms with E-state index in [2.05, 4.69) is 15.3 Å². The van der Waals surface area contributed by atoms with Crippen LogP contribution in [0.25, 0.3) is 10.6 Å². The monoisotopic (exact) mass is 500 g/mol. The minimum Gasteiger partial charge on any atom is -0.403 e. The van der Waals surface area contributed by atoms with Crippen molar-refractivity contribution in [3.8, 4) is 10.6 Å². The number of nitrogens with two attached hydrogens (primary N) is 2. The molecule has 0 aliphatic carbocycles. The average molecular weight is 501 g/mol. The number of nitrogens with zero attached hydrogens (tertiary/aromatic N) is 3. The van der Waals surface area contributed by atoms with Crippen molar-refractivity contribution in [2.24, 2.45) is 10.7 Å². The number of benzene rings is 1. The molecule has 3 rings (SSSR count). The van der Waals surface area contributed by atoms with Gasteiger partial charge in [-0.25, -0.2) is 22.5 Å².